The summed E-state index contributed by atoms with van der Waals surface area (Å²) in [4.78, 5) is 30.9. The molecule has 1 aromatic rings. The molecule has 0 spiro atoms. The van der Waals surface area contributed by atoms with Gasteiger partial charge >= 0.3 is 13.6 Å². The highest BCUT2D eigenvalue weighted by Crippen LogP contribution is 2.66. The zero-order valence-electron chi connectivity index (χ0n) is 38.4. The number of nitrogens with zero attached hydrogens (tertiary/aromatic N) is 3. The molecule has 0 aromatic carbocycles. The molecule has 0 radical (unpaired) electrons. The molecule has 10 atom stereocenters. The fourth-order valence-corrected chi connectivity index (χ4v) is 12.6. The van der Waals surface area contributed by atoms with Crippen LogP contribution in [-0.4, -0.2) is 109 Å². The van der Waals surface area contributed by atoms with Crippen LogP contribution in [0.15, 0.2) is 11.1 Å². The van der Waals surface area contributed by atoms with Crippen molar-refractivity contribution in [2.24, 2.45) is 30.2 Å². The zero-order valence-corrected chi connectivity index (χ0v) is 41.1. The van der Waals surface area contributed by atoms with E-state index in [1.807, 2.05) is 27.0 Å². The molecule has 1 aromatic heterocycles. The topological polar surface area (TPSA) is 138 Å². The molecule has 330 valence electrons. The molecule has 2 aliphatic rings. The molecule has 4 unspecified atom stereocenters. The summed E-state index contributed by atoms with van der Waals surface area (Å²) in [5.41, 5.74) is -4.27. The number of thioether (sulfide) groups is 1. The molecule has 12 nitrogen and oxygen atoms in total. The van der Waals surface area contributed by atoms with Crippen LogP contribution >= 0.6 is 19.4 Å². The van der Waals surface area contributed by atoms with Crippen LogP contribution in [0.5, 0.6) is 0 Å². The van der Waals surface area contributed by atoms with Crippen LogP contribution in [0.25, 0.3) is 0 Å². The fourth-order valence-electron chi connectivity index (χ4n) is 8.72. The number of hydrogen-bond donors (Lipinski definition) is 1. The van der Waals surface area contributed by atoms with Crippen molar-refractivity contribution >= 4 is 39.4 Å². The normalized spacial score (nSPS) is 31.3. The fraction of sp³-hybridized carbons (Fsp3) is 0.881. The van der Waals surface area contributed by atoms with E-state index in [2.05, 4.69) is 59.5 Å². The van der Waals surface area contributed by atoms with Gasteiger partial charge in [-0.2, -0.15) is 5.10 Å². The highest BCUT2D eigenvalue weighted by Gasteiger charge is 2.62. The summed E-state index contributed by atoms with van der Waals surface area (Å²) in [5.74, 6) is -0.424. The first-order valence-electron chi connectivity index (χ1n) is 21.1. The summed E-state index contributed by atoms with van der Waals surface area (Å²) in [7, 11) is -2.88. The van der Waals surface area contributed by atoms with E-state index in [1.165, 1.54) is 18.9 Å². The molecule has 15 heteroatoms. The van der Waals surface area contributed by atoms with Gasteiger partial charge in [-0.1, -0.05) is 68.2 Å². The van der Waals surface area contributed by atoms with Gasteiger partial charge in [0, 0.05) is 51.2 Å². The Hall–Kier alpha value is -1.09. The van der Waals surface area contributed by atoms with Crippen LogP contribution < -0.4 is 0 Å². The smallest absolute Gasteiger partial charge is 0.342 e. The first-order chi connectivity index (χ1) is 26.2. The van der Waals surface area contributed by atoms with Crippen LogP contribution in [0.1, 0.15) is 127 Å². The monoisotopic (exact) mass is 859 g/mol. The Morgan fingerprint density at radius 1 is 1.11 bits per heavy atom. The van der Waals surface area contributed by atoms with E-state index in [4.69, 9.17) is 28.0 Å². The Bertz CT molecular complexity index is 1550. The number of carbonyl (C=O) groups excluding carboxylic acids is 2. The third-order valence-corrected chi connectivity index (χ3v) is 22.0. The molecule has 57 heavy (non-hydrogen) atoms. The van der Waals surface area contributed by atoms with Gasteiger partial charge in [-0.05, 0) is 76.4 Å². The van der Waals surface area contributed by atoms with E-state index in [1.54, 1.807) is 38.6 Å². The largest absolute Gasteiger partial charge is 0.459 e. The van der Waals surface area contributed by atoms with Gasteiger partial charge in [0.25, 0.3) is 0 Å². The number of carbonyl (C=O) groups is 2. The van der Waals surface area contributed by atoms with Crippen LogP contribution in [-0.2, 0) is 44.1 Å². The third kappa shape index (κ3) is 11.1. The molecular formula is C42H78N3O9PSSi. The molecule has 1 N–H and O–H groups in total. The highest BCUT2D eigenvalue weighted by molar-refractivity contribution is 7.98. The SMILES string of the molecule is CCOP(=O)(OCC)C(c1cc(SC)n(C)n1)C(C)(O)C1C[C@@H]2N(CCO[Si](C)(C)C(C)(C)C)[C@]2(C)CCC[C@H](C)[C@H](C)[C@@H](C)C(=O)C(C)(C)[C@@H](OC)CC(=O)O1. The van der Waals surface area contributed by atoms with Crippen LogP contribution in [0.2, 0.25) is 18.1 Å². The molecule has 2 aliphatic heterocycles. The maximum absolute atomic E-state index is 15.0. The van der Waals surface area contributed by atoms with Gasteiger partial charge in [-0.3, -0.25) is 23.7 Å². The van der Waals surface area contributed by atoms with E-state index in [-0.39, 0.29) is 60.3 Å². The van der Waals surface area contributed by atoms with Gasteiger partial charge in [0.1, 0.15) is 23.1 Å². The molecule has 2 fully saturated rings. The Balaban J connectivity index is 2.21. The number of aryl methyl sites for hydroxylation is 1. The number of fused-ring (bicyclic) bond motifs is 1. The minimum absolute atomic E-state index is 0.0356. The van der Waals surface area contributed by atoms with Gasteiger partial charge in [0.05, 0.1) is 41.9 Å². The summed E-state index contributed by atoms with van der Waals surface area (Å²) in [5, 5.41) is 18.7. The van der Waals surface area contributed by atoms with Crippen molar-refractivity contribution < 1.29 is 42.2 Å². The lowest BCUT2D eigenvalue weighted by molar-refractivity contribution is -0.171. The van der Waals surface area contributed by atoms with E-state index >= 15 is 0 Å². The second kappa shape index (κ2) is 19.3. The van der Waals surface area contributed by atoms with E-state index in [0.29, 0.717) is 24.8 Å². The highest BCUT2D eigenvalue weighted by atomic mass is 32.2. The van der Waals surface area contributed by atoms with Crippen molar-refractivity contribution in [3.63, 3.8) is 0 Å². The number of Topliss-reactive ketones (excluding diaryl/α,β-unsaturated/α-hetero) is 1. The van der Waals surface area contributed by atoms with Crippen LogP contribution in [0.3, 0.4) is 0 Å². The number of methoxy groups -OCH3 is 1. The quantitative estimate of drug-likeness (QED) is 0.0628. The Kier molecular flexibility index (Phi) is 17.0. The summed E-state index contributed by atoms with van der Waals surface area (Å²) < 4.78 is 47.6. The molecule has 3 heterocycles. The van der Waals surface area contributed by atoms with E-state index < -0.39 is 50.8 Å². The summed E-state index contributed by atoms with van der Waals surface area (Å²) >= 11 is 1.47. The number of aliphatic hydroxyl groups is 1. The molecule has 0 bridgehead atoms. The lowest BCUT2D eigenvalue weighted by Gasteiger charge is -2.41. The number of esters is 1. The van der Waals surface area contributed by atoms with Crippen LogP contribution in [0, 0.1) is 23.2 Å². The number of ether oxygens (including phenoxy) is 2. The maximum Gasteiger partial charge on any atom is 0.342 e. The van der Waals surface area contributed by atoms with Crippen molar-refractivity contribution in [3.05, 3.63) is 11.8 Å². The molecule has 2 saturated heterocycles. The van der Waals surface area contributed by atoms with Crippen molar-refractivity contribution in [1.29, 1.82) is 0 Å². The first-order valence-corrected chi connectivity index (χ1v) is 26.8. The van der Waals surface area contributed by atoms with Crippen molar-refractivity contribution in [3.8, 4) is 0 Å². The lowest BCUT2D eigenvalue weighted by Crippen LogP contribution is -2.50. The average Bonchev–Trinajstić information content (AvgIpc) is 3.45. The maximum atomic E-state index is 15.0. The zero-order chi connectivity index (χ0) is 43.5. The first kappa shape index (κ1) is 50.3. The van der Waals surface area contributed by atoms with Crippen molar-refractivity contribution in [2.75, 3.05) is 39.7 Å². The van der Waals surface area contributed by atoms with Gasteiger partial charge in [-0.25, -0.2) is 0 Å². The van der Waals surface area contributed by atoms with E-state index in [9.17, 15) is 19.3 Å². The standard InChI is InChI=1S/C42H78N3O9PSSi/c1-18-51-55(49,52-19-2)38(31-25-35(56-15)44(13)43-31)42(12,48)34-26-32-41(11,45(32)23-24-53-57(16,17)39(6,7)8)22-20-21-28(3)29(4)30(5)37(47)40(9,10)33(50-14)27-36(46)54-34/h25,28-30,32-34,38,48H,18-24,26-27H2,1-17H3/t28-,29-,30+,32-,33-,34?,38?,41+,42?,45?/m0/s1. The molecule has 0 aliphatic carbocycles. The predicted octanol–water partition coefficient (Wildman–Crippen LogP) is 9.06. The molecule has 0 amide bonds. The predicted molar refractivity (Wildman–Crippen MR) is 231 cm³/mol. The van der Waals surface area contributed by atoms with Gasteiger partial charge < -0.3 is 28.1 Å². The molecular weight excluding hydrogens is 782 g/mol. The van der Waals surface area contributed by atoms with Crippen molar-refractivity contribution in [2.45, 2.75) is 173 Å². The van der Waals surface area contributed by atoms with Gasteiger partial charge in [0.2, 0.25) is 0 Å². The van der Waals surface area contributed by atoms with E-state index in [0.717, 1.165) is 24.3 Å². The number of cyclic esters (lactones) is 1. The third-order valence-electron chi connectivity index (χ3n) is 14.0. The Morgan fingerprint density at radius 3 is 2.21 bits per heavy atom. The van der Waals surface area contributed by atoms with Gasteiger partial charge in [0.15, 0.2) is 8.32 Å². The minimum atomic E-state index is -4.14. The van der Waals surface area contributed by atoms with Crippen molar-refractivity contribution in [1.82, 2.24) is 14.7 Å². The second-order valence-corrected chi connectivity index (χ2v) is 26.9. The number of aromatic nitrogens is 2. The summed E-state index contributed by atoms with van der Waals surface area (Å²) in [6, 6.07) is 1.70. The minimum Gasteiger partial charge on any atom is -0.459 e. The molecule has 3 rings (SSSR count). The number of hydrogen-bond acceptors (Lipinski definition) is 12. The lowest BCUT2D eigenvalue weighted by atomic mass is 9.70. The second-order valence-electron chi connectivity index (χ2n) is 19.2. The average molecular weight is 860 g/mol. The van der Waals surface area contributed by atoms with Crippen LogP contribution in [0.4, 0.5) is 0 Å². The number of ketones is 1. The Labute approximate surface area is 350 Å². The summed E-state index contributed by atoms with van der Waals surface area (Å²) in [6.45, 7) is 29.9. The van der Waals surface area contributed by atoms with Gasteiger partial charge in [-0.15, -0.1) is 11.8 Å². The number of rotatable bonds is 14. The molecule has 0 saturated carbocycles. The Morgan fingerprint density at radius 2 is 1.70 bits per heavy atom. The summed E-state index contributed by atoms with van der Waals surface area (Å²) in [6.07, 6.45) is 2.73.